The van der Waals surface area contributed by atoms with Crippen molar-refractivity contribution < 1.29 is 33.6 Å². The van der Waals surface area contributed by atoms with Gasteiger partial charge in [0, 0.05) is 22.4 Å². The molecule has 0 aromatic heterocycles. The van der Waals surface area contributed by atoms with Gasteiger partial charge in [-0.3, -0.25) is 4.79 Å². The van der Waals surface area contributed by atoms with E-state index in [1.165, 1.54) is 7.11 Å². The third-order valence-corrected chi connectivity index (χ3v) is 4.54. The summed E-state index contributed by atoms with van der Waals surface area (Å²) >= 11 is 0. The summed E-state index contributed by atoms with van der Waals surface area (Å²) in [6.07, 6.45) is 1.76. The minimum Gasteiger partial charge on any atom is -0.491 e. The molecule has 2 aromatic rings. The molecule has 0 spiro atoms. The zero-order valence-electron chi connectivity index (χ0n) is 17.3. The van der Waals surface area contributed by atoms with Crippen LogP contribution < -0.4 is 10.1 Å². The molecule has 2 aromatic carbocycles. The number of amides is 1. The molecule has 8 heteroatoms. The molecule has 0 fully saturated rings. The highest BCUT2D eigenvalue weighted by Crippen LogP contribution is 2.35. The van der Waals surface area contributed by atoms with E-state index in [1.54, 1.807) is 24.3 Å². The first-order valence-electron chi connectivity index (χ1n) is 9.88. The molecule has 1 aliphatic heterocycles. The van der Waals surface area contributed by atoms with Crippen LogP contribution in [0.25, 0.3) is 11.6 Å². The second kappa shape index (κ2) is 11.3. The van der Waals surface area contributed by atoms with E-state index in [9.17, 15) is 9.59 Å². The first-order valence-corrected chi connectivity index (χ1v) is 9.88. The second-order valence-electron chi connectivity index (χ2n) is 6.60. The smallest absolute Gasteiger partial charge is 0.337 e. The number of aliphatic hydroxyl groups is 1. The topological polar surface area (TPSA) is 103 Å². The van der Waals surface area contributed by atoms with E-state index in [0.29, 0.717) is 61.2 Å². The van der Waals surface area contributed by atoms with Crippen molar-refractivity contribution in [2.24, 2.45) is 0 Å². The van der Waals surface area contributed by atoms with Crippen LogP contribution in [0.4, 0.5) is 5.69 Å². The van der Waals surface area contributed by atoms with Crippen LogP contribution >= 0.6 is 0 Å². The normalized spacial score (nSPS) is 13.7. The highest BCUT2D eigenvalue weighted by atomic mass is 16.5. The Hall–Kier alpha value is -3.20. The van der Waals surface area contributed by atoms with Gasteiger partial charge < -0.3 is 29.4 Å². The highest BCUT2D eigenvalue weighted by Gasteiger charge is 2.25. The fraction of sp³-hybridized carbons (Fsp3) is 0.304. The van der Waals surface area contributed by atoms with Crippen LogP contribution in [-0.4, -0.2) is 63.7 Å². The third-order valence-electron chi connectivity index (χ3n) is 4.54. The number of fused-ring (bicyclic) bond motifs is 1. The minimum absolute atomic E-state index is 0.00958. The molecule has 31 heavy (non-hydrogen) atoms. The Balaban J connectivity index is 1.66. The van der Waals surface area contributed by atoms with Gasteiger partial charge in [-0.05, 0) is 24.3 Å². The second-order valence-corrected chi connectivity index (χ2v) is 6.60. The van der Waals surface area contributed by atoms with E-state index < -0.39 is 5.97 Å². The Bertz CT molecular complexity index is 955. The fourth-order valence-electron chi connectivity index (χ4n) is 3.07. The molecular weight excluding hydrogens is 402 g/mol. The summed E-state index contributed by atoms with van der Waals surface area (Å²) in [6.45, 7) is 1.83. The van der Waals surface area contributed by atoms with Crippen LogP contribution in [0, 0.1) is 0 Å². The number of aliphatic hydroxyl groups excluding tert-OH is 1. The summed E-state index contributed by atoms with van der Waals surface area (Å²) in [7, 11) is 1.31. The zero-order valence-corrected chi connectivity index (χ0v) is 17.3. The van der Waals surface area contributed by atoms with Crippen molar-refractivity contribution in [1.82, 2.24) is 0 Å². The number of esters is 1. The molecular formula is C23H25NO7. The largest absolute Gasteiger partial charge is 0.491 e. The average molecular weight is 427 g/mol. The lowest BCUT2D eigenvalue weighted by molar-refractivity contribution is -0.110. The van der Waals surface area contributed by atoms with Crippen LogP contribution in [0.3, 0.4) is 0 Å². The molecule has 2 N–H and O–H groups in total. The number of hydrogen-bond acceptors (Lipinski definition) is 7. The van der Waals surface area contributed by atoms with Crippen LogP contribution in [-0.2, 0) is 19.0 Å². The van der Waals surface area contributed by atoms with Crippen LogP contribution in [0.2, 0.25) is 0 Å². The standard InChI is InChI=1S/C23H25NO7/c1-28-23(27)17-6-7-18-19(22(26)24-20(18)15-17)14-16-4-2-3-5-21(16)31-13-12-30-11-10-29-9-8-25/h2-7,14-15,25H,8-13H2,1H3,(H,24,26). The molecule has 3 rings (SSSR count). The summed E-state index contributed by atoms with van der Waals surface area (Å²) < 4.78 is 21.1. The van der Waals surface area contributed by atoms with E-state index >= 15 is 0 Å². The molecule has 0 aliphatic carbocycles. The summed E-state index contributed by atoms with van der Waals surface area (Å²) in [5, 5.41) is 11.4. The Labute approximate surface area is 180 Å². The maximum atomic E-state index is 12.5. The van der Waals surface area contributed by atoms with Crippen molar-refractivity contribution in [3.05, 3.63) is 59.2 Å². The van der Waals surface area contributed by atoms with E-state index in [4.69, 9.17) is 24.1 Å². The van der Waals surface area contributed by atoms with Gasteiger partial charge in [-0.1, -0.05) is 24.3 Å². The maximum absolute atomic E-state index is 12.5. The minimum atomic E-state index is -0.463. The number of carbonyl (C=O) groups excluding carboxylic acids is 2. The quantitative estimate of drug-likeness (QED) is 0.322. The van der Waals surface area contributed by atoms with Crippen LogP contribution in [0.5, 0.6) is 5.75 Å². The van der Waals surface area contributed by atoms with Gasteiger partial charge in [0.05, 0.1) is 45.7 Å². The summed E-state index contributed by atoms with van der Waals surface area (Å²) in [6, 6.07) is 12.4. The van der Waals surface area contributed by atoms with Crippen molar-refractivity contribution >= 4 is 29.2 Å². The Morgan fingerprint density at radius 1 is 1.03 bits per heavy atom. The summed E-state index contributed by atoms with van der Waals surface area (Å²) in [5.41, 5.74) is 2.88. The average Bonchev–Trinajstić information content (AvgIpc) is 3.10. The van der Waals surface area contributed by atoms with Gasteiger partial charge in [0.15, 0.2) is 0 Å². The van der Waals surface area contributed by atoms with Crippen molar-refractivity contribution in [3.8, 4) is 5.75 Å². The lowest BCUT2D eigenvalue weighted by Crippen LogP contribution is -2.12. The Kier molecular flexibility index (Phi) is 8.17. The van der Waals surface area contributed by atoms with Gasteiger partial charge in [-0.25, -0.2) is 4.79 Å². The van der Waals surface area contributed by atoms with E-state index in [0.717, 1.165) is 5.56 Å². The van der Waals surface area contributed by atoms with E-state index in [2.05, 4.69) is 5.32 Å². The first-order chi connectivity index (χ1) is 15.1. The number of hydrogen-bond donors (Lipinski definition) is 2. The molecule has 1 heterocycles. The fourth-order valence-corrected chi connectivity index (χ4v) is 3.07. The number of methoxy groups -OCH3 is 1. The first kappa shape index (κ1) is 22.5. The van der Waals surface area contributed by atoms with Crippen molar-refractivity contribution in [2.75, 3.05) is 52.1 Å². The Morgan fingerprint density at radius 3 is 2.55 bits per heavy atom. The predicted molar refractivity (Wildman–Crippen MR) is 115 cm³/mol. The van der Waals surface area contributed by atoms with Crippen molar-refractivity contribution in [3.63, 3.8) is 0 Å². The van der Waals surface area contributed by atoms with Crippen LogP contribution in [0.15, 0.2) is 42.5 Å². The SMILES string of the molecule is COC(=O)c1ccc2c(c1)NC(=O)C2=Cc1ccccc1OCCOCCOCCO. The lowest BCUT2D eigenvalue weighted by atomic mass is 10.0. The number of anilines is 1. The number of para-hydroxylation sites is 1. The zero-order chi connectivity index (χ0) is 22.1. The number of benzene rings is 2. The molecule has 1 aliphatic rings. The maximum Gasteiger partial charge on any atom is 0.337 e. The molecule has 8 nitrogen and oxygen atoms in total. The molecule has 0 atom stereocenters. The Morgan fingerprint density at radius 2 is 1.77 bits per heavy atom. The molecule has 0 radical (unpaired) electrons. The van der Waals surface area contributed by atoms with E-state index in [1.807, 2.05) is 24.3 Å². The summed E-state index contributed by atoms with van der Waals surface area (Å²) in [4.78, 5) is 24.3. The van der Waals surface area contributed by atoms with Gasteiger partial charge in [0.25, 0.3) is 5.91 Å². The molecule has 0 unspecified atom stereocenters. The number of nitrogens with one attached hydrogen (secondary N) is 1. The number of ether oxygens (including phenoxy) is 4. The van der Waals surface area contributed by atoms with Gasteiger partial charge in [-0.2, -0.15) is 0 Å². The van der Waals surface area contributed by atoms with Crippen LogP contribution in [0.1, 0.15) is 21.5 Å². The van der Waals surface area contributed by atoms with Gasteiger partial charge in [0.1, 0.15) is 12.4 Å². The monoisotopic (exact) mass is 427 g/mol. The third kappa shape index (κ3) is 5.91. The molecule has 0 bridgehead atoms. The van der Waals surface area contributed by atoms with E-state index in [-0.39, 0.29) is 12.5 Å². The highest BCUT2D eigenvalue weighted by molar-refractivity contribution is 6.35. The van der Waals surface area contributed by atoms with Crippen molar-refractivity contribution in [1.29, 1.82) is 0 Å². The number of carbonyl (C=O) groups is 2. The van der Waals surface area contributed by atoms with Gasteiger partial charge in [-0.15, -0.1) is 0 Å². The lowest BCUT2D eigenvalue weighted by Gasteiger charge is -2.10. The summed E-state index contributed by atoms with van der Waals surface area (Å²) in [5.74, 6) is -0.0870. The van der Waals surface area contributed by atoms with Crippen molar-refractivity contribution in [2.45, 2.75) is 0 Å². The predicted octanol–water partition coefficient (Wildman–Crippen LogP) is 2.37. The molecule has 0 saturated carbocycles. The molecule has 0 saturated heterocycles. The molecule has 1 amide bonds. The van der Waals surface area contributed by atoms with Gasteiger partial charge >= 0.3 is 5.97 Å². The number of rotatable bonds is 11. The molecule has 164 valence electrons. The van der Waals surface area contributed by atoms with Gasteiger partial charge in [0.2, 0.25) is 0 Å².